The van der Waals surface area contributed by atoms with E-state index >= 15 is 0 Å². The zero-order valence-corrected chi connectivity index (χ0v) is 19.1. The van der Waals surface area contributed by atoms with Crippen LogP contribution in [-0.4, -0.2) is 49.4 Å². The molecule has 0 N–H and O–H groups in total. The first kappa shape index (κ1) is 22.5. The highest BCUT2D eigenvalue weighted by Gasteiger charge is 2.32. The fourth-order valence-corrected chi connectivity index (χ4v) is 5.78. The van der Waals surface area contributed by atoms with Crippen molar-refractivity contribution >= 4 is 44.4 Å². The number of methoxy groups -OCH3 is 1. The highest BCUT2D eigenvalue weighted by molar-refractivity contribution is 7.88. The Morgan fingerprint density at radius 1 is 1.06 bits per heavy atom. The molecule has 0 spiro atoms. The topological polar surface area (TPSA) is 85.7 Å². The number of halogens is 1. The summed E-state index contributed by atoms with van der Waals surface area (Å²) in [5, 5.41) is 1.20. The third-order valence-electron chi connectivity index (χ3n) is 5.81. The molecule has 2 heterocycles. The van der Waals surface area contributed by atoms with E-state index in [1.165, 1.54) is 22.2 Å². The minimum absolute atomic E-state index is 0.104. The van der Waals surface area contributed by atoms with Crippen molar-refractivity contribution in [3.05, 3.63) is 70.9 Å². The molecule has 0 aliphatic carbocycles. The van der Waals surface area contributed by atoms with Gasteiger partial charge in [0.2, 0.25) is 15.9 Å². The number of nitrogens with zero attached hydrogens (tertiary/aromatic N) is 2. The van der Waals surface area contributed by atoms with Crippen molar-refractivity contribution in [1.29, 1.82) is 0 Å². The maximum Gasteiger partial charge on any atom is 0.340 e. The maximum absolute atomic E-state index is 13.2. The molecule has 0 atom stereocenters. The molecule has 1 aliphatic rings. The van der Waals surface area contributed by atoms with Crippen LogP contribution in [0.15, 0.2) is 54.7 Å². The molecule has 0 unspecified atom stereocenters. The number of fused-ring (bicyclic) bond motifs is 1. The second kappa shape index (κ2) is 9.05. The number of para-hydroxylation sites is 1. The molecular weight excluding hydrogens is 452 g/mol. The summed E-state index contributed by atoms with van der Waals surface area (Å²) in [6.45, 7) is 0.546. The highest BCUT2D eigenvalue weighted by atomic mass is 35.5. The number of hydrogen-bond donors (Lipinski definition) is 0. The lowest BCUT2D eigenvalue weighted by atomic mass is 9.97. The standard InChI is InChI=1S/C23H23ClN2O5S/c1-31-23(28)20-14-26(21-5-3-2-4-19(20)21)22(27)17-10-12-25(13-11-17)32(29,30)15-16-6-8-18(24)9-7-16/h2-9,14,17H,10-13,15H2,1H3. The maximum atomic E-state index is 13.2. The van der Waals surface area contributed by atoms with Crippen LogP contribution >= 0.6 is 11.6 Å². The van der Waals surface area contributed by atoms with Gasteiger partial charge in [0.15, 0.2) is 0 Å². The lowest BCUT2D eigenvalue weighted by Gasteiger charge is -2.30. The fraction of sp³-hybridized carbons (Fsp3) is 0.304. The van der Waals surface area contributed by atoms with Crippen LogP contribution in [0.3, 0.4) is 0 Å². The smallest absolute Gasteiger partial charge is 0.340 e. The van der Waals surface area contributed by atoms with Gasteiger partial charge in [0, 0.05) is 35.6 Å². The van der Waals surface area contributed by atoms with Gasteiger partial charge in [-0.1, -0.05) is 41.9 Å². The second-order valence-electron chi connectivity index (χ2n) is 7.82. The largest absolute Gasteiger partial charge is 0.465 e. The Kier molecular flexibility index (Phi) is 6.37. The number of rotatable bonds is 5. The van der Waals surface area contributed by atoms with Gasteiger partial charge in [-0.3, -0.25) is 9.36 Å². The molecule has 32 heavy (non-hydrogen) atoms. The van der Waals surface area contributed by atoms with Crippen molar-refractivity contribution in [3.63, 3.8) is 0 Å². The van der Waals surface area contributed by atoms with E-state index in [0.717, 1.165) is 0 Å². The average Bonchev–Trinajstić information content (AvgIpc) is 3.19. The van der Waals surface area contributed by atoms with E-state index in [9.17, 15) is 18.0 Å². The van der Waals surface area contributed by atoms with Crippen LogP contribution in [-0.2, 0) is 20.5 Å². The van der Waals surface area contributed by atoms with Crippen molar-refractivity contribution in [1.82, 2.24) is 8.87 Å². The van der Waals surface area contributed by atoms with Gasteiger partial charge in [-0.05, 0) is 36.6 Å². The van der Waals surface area contributed by atoms with Crippen molar-refractivity contribution in [3.8, 4) is 0 Å². The van der Waals surface area contributed by atoms with Crippen LogP contribution in [0.4, 0.5) is 0 Å². The van der Waals surface area contributed by atoms with Crippen molar-refractivity contribution in [2.75, 3.05) is 20.2 Å². The van der Waals surface area contributed by atoms with E-state index in [-0.39, 0.29) is 30.7 Å². The van der Waals surface area contributed by atoms with Gasteiger partial charge in [0.25, 0.3) is 0 Å². The number of piperidine rings is 1. The summed E-state index contributed by atoms with van der Waals surface area (Å²) in [5.41, 5.74) is 1.64. The first-order valence-corrected chi connectivity index (χ1v) is 12.2. The molecule has 0 bridgehead atoms. The van der Waals surface area contributed by atoms with E-state index in [2.05, 4.69) is 0 Å². The van der Waals surface area contributed by atoms with Crippen molar-refractivity contribution in [2.24, 2.45) is 5.92 Å². The molecule has 7 nitrogen and oxygen atoms in total. The normalized spacial score (nSPS) is 15.7. The van der Waals surface area contributed by atoms with Crippen LogP contribution < -0.4 is 0 Å². The summed E-state index contributed by atoms with van der Waals surface area (Å²) in [7, 11) is -2.20. The van der Waals surface area contributed by atoms with Gasteiger partial charge in [-0.15, -0.1) is 0 Å². The van der Waals surface area contributed by atoms with E-state index < -0.39 is 16.0 Å². The Morgan fingerprint density at radius 3 is 2.38 bits per heavy atom. The number of benzene rings is 2. The summed E-state index contributed by atoms with van der Waals surface area (Å²) >= 11 is 5.87. The predicted molar refractivity (Wildman–Crippen MR) is 122 cm³/mol. The molecular formula is C23H23ClN2O5S. The number of esters is 1. The molecule has 4 rings (SSSR count). The monoisotopic (exact) mass is 474 g/mol. The Balaban J connectivity index is 1.48. The van der Waals surface area contributed by atoms with Gasteiger partial charge in [0.1, 0.15) is 0 Å². The lowest BCUT2D eigenvalue weighted by Crippen LogP contribution is -2.41. The van der Waals surface area contributed by atoms with E-state index in [4.69, 9.17) is 16.3 Å². The van der Waals surface area contributed by atoms with Crippen molar-refractivity contribution < 1.29 is 22.7 Å². The molecule has 3 aromatic rings. The summed E-state index contributed by atoms with van der Waals surface area (Å²) in [4.78, 5) is 25.4. The Bertz CT molecular complexity index is 1260. The second-order valence-corrected chi connectivity index (χ2v) is 10.2. The average molecular weight is 475 g/mol. The van der Waals surface area contributed by atoms with Crippen LogP contribution in [0.1, 0.15) is 33.6 Å². The van der Waals surface area contributed by atoms with Crippen LogP contribution in [0, 0.1) is 5.92 Å². The molecule has 1 aromatic heterocycles. The first-order valence-electron chi connectivity index (χ1n) is 10.2. The number of ether oxygens (including phenoxy) is 1. The van der Waals surface area contributed by atoms with Crippen molar-refractivity contribution in [2.45, 2.75) is 18.6 Å². The third kappa shape index (κ3) is 4.44. The van der Waals surface area contributed by atoms with Gasteiger partial charge in [-0.2, -0.15) is 0 Å². The Labute approximate surface area is 191 Å². The molecule has 0 saturated carbocycles. The van der Waals surface area contributed by atoms with Gasteiger partial charge in [0.05, 0.1) is 23.9 Å². The number of sulfonamides is 1. The fourth-order valence-electron chi connectivity index (χ4n) is 4.09. The van der Waals surface area contributed by atoms with Gasteiger partial charge in [-0.25, -0.2) is 17.5 Å². The number of hydrogen-bond acceptors (Lipinski definition) is 5. The summed E-state index contributed by atoms with van der Waals surface area (Å²) < 4.78 is 33.4. The zero-order valence-electron chi connectivity index (χ0n) is 17.5. The minimum atomic E-state index is -3.50. The third-order valence-corrected chi connectivity index (χ3v) is 7.92. The zero-order chi connectivity index (χ0) is 22.9. The van der Waals surface area contributed by atoms with E-state index in [1.54, 1.807) is 48.5 Å². The number of carbonyl (C=O) groups is 2. The first-order chi connectivity index (χ1) is 15.3. The van der Waals surface area contributed by atoms with E-state index in [1.807, 2.05) is 0 Å². The van der Waals surface area contributed by atoms with E-state index in [0.29, 0.717) is 39.9 Å². The minimum Gasteiger partial charge on any atom is -0.465 e. The number of aromatic nitrogens is 1. The molecule has 1 fully saturated rings. The Hall–Kier alpha value is -2.68. The number of carbonyl (C=O) groups excluding carboxylic acids is 2. The summed E-state index contributed by atoms with van der Waals surface area (Å²) in [6, 6.07) is 13.9. The molecule has 0 amide bonds. The van der Waals surface area contributed by atoms with Gasteiger partial charge < -0.3 is 4.74 Å². The highest BCUT2D eigenvalue weighted by Crippen LogP contribution is 2.27. The van der Waals surface area contributed by atoms with Crippen LogP contribution in [0.5, 0.6) is 0 Å². The molecule has 1 aliphatic heterocycles. The van der Waals surface area contributed by atoms with Crippen LogP contribution in [0.25, 0.3) is 10.9 Å². The predicted octanol–water partition coefficient (Wildman–Crippen LogP) is 3.96. The summed E-state index contributed by atoms with van der Waals surface area (Å²) in [6.07, 6.45) is 2.35. The lowest BCUT2D eigenvalue weighted by molar-refractivity contribution is 0.0603. The van der Waals surface area contributed by atoms with Crippen LogP contribution in [0.2, 0.25) is 5.02 Å². The Morgan fingerprint density at radius 2 is 1.72 bits per heavy atom. The summed E-state index contributed by atoms with van der Waals surface area (Å²) in [5.74, 6) is -1.09. The SMILES string of the molecule is COC(=O)c1cn(C(=O)C2CCN(S(=O)(=O)Cc3ccc(Cl)cc3)CC2)c2ccccc12. The molecule has 9 heteroatoms. The van der Waals surface area contributed by atoms with Gasteiger partial charge >= 0.3 is 5.97 Å². The quantitative estimate of drug-likeness (QED) is 0.522. The molecule has 168 valence electrons. The molecule has 2 aromatic carbocycles. The molecule has 0 radical (unpaired) electrons. The molecule has 1 saturated heterocycles.